The fourth-order valence-corrected chi connectivity index (χ4v) is 1.72. The van der Waals surface area contributed by atoms with E-state index in [9.17, 15) is 14.6 Å². The van der Waals surface area contributed by atoms with Gasteiger partial charge in [-0.1, -0.05) is 12.1 Å². The van der Waals surface area contributed by atoms with Crippen LogP contribution in [0.3, 0.4) is 0 Å². The topological polar surface area (TPSA) is 66.5 Å². The van der Waals surface area contributed by atoms with Crippen molar-refractivity contribution < 1.29 is 14.6 Å². The summed E-state index contributed by atoms with van der Waals surface area (Å²) < 4.78 is 13.0. The number of phenolic OH excluding ortho intramolecular Hbond substituents is 1. The number of benzene rings is 1. The van der Waals surface area contributed by atoms with Gasteiger partial charge in [0.05, 0.1) is 12.1 Å². The number of halogens is 1. The van der Waals surface area contributed by atoms with Crippen LogP contribution in [-0.4, -0.2) is 16.3 Å². The van der Waals surface area contributed by atoms with Crippen LogP contribution in [0.4, 0.5) is 4.39 Å². The quantitative estimate of drug-likeness (QED) is 0.706. The van der Waals surface area contributed by atoms with Gasteiger partial charge in [-0.05, 0) is 24.8 Å². The van der Waals surface area contributed by atoms with Crippen molar-refractivity contribution in [3.05, 3.63) is 29.6 Å². The summed E-state index contributed by atoms with van der Waals surface area (Å²) in [6, 6.07) is 3.46. The summed E-state index contributed by atoms with van der Waals surface area (Å²) in [5, 5.41) is 19.2. The van der Waals surface area contributed by atoms with Crippen LogP contribution in [0.15, 0.2) is 18.2 Å². The predicted molar refractivity (Wildman–Crippen MR) is 53.7 cm³/mol. The summed E-state index contributed by atoms with van der Waals surface area (Å²) in [5.41, 5.74) is 6.05. The van der Waals surface area contributed by atoms with Gasteiger partial charge in [0, 0.05) is 5.56 Å². The van der Waals surface area contributed by atoms with Crippen LogP contribution in [0.25, 0.3) is 0 Å². The van der Waals surface area contributed by atoms with Gasteiger partial charge in [0.25, 0.3) is 0 Å². The zero-order chi connectivity index (χ0) is 11.0. The normalized spacial score (nSPS) is 19.9. The molecule has 4 N–H and O–H groups in total. The monoisotopic (exact) mass is 211 g/mol. The van der Waals surface area contributed by atoms with Crippen molar-refractivity contribution in [1.29, 1.82) is 0 Å². The number of hydrogen-bond donors (Lipinski definition) is 3. The molecule has 82 valence electrons. The highest BCUT2D eigenvalue weighted by molar-refractivity contribution is 5.36. The van der Waals surface area contributed by atoms with Gasteiger partial charge in [0.2, 0.25) is 0 Å². The third-order valence-corrected chi connectivity index (χ3v) is 2.85. The maximum Gasteiger partial charge on any atom is 0.165 e. The average molecular weight is 211 g/mol. The standard InChI is InChI=1S/C11H14FNO2/c12-8-3-1-2-7(11(8)15)9(13)10(14)6-4-5-6/h1-3,6,9-10,14-15H,4-5,13H2/t9-,10+/m0/s1. The van der Waals surface area contributed by atoms with Gasteiger partial charge in [-0.25, -0.2) is 4.39 Å². The largest absolute Gasteiger partial charge is 0.505 e. The summed E-state index contributed by atoms with van der Waals surface area (Å²) >= 11 is 0. The number of rotatable bonds is 3. The van der Waals surface area contributed by atoms with Crippen molar-refractivity contribution >= 4 is 0 Å². The molecule has 0 spiro atoms. The Hall–Kier alpha value is -1.13. The molecule has 1 saturated carbocycles. The first-order valence-corrected chi connectivity index (χ1v) is 5.02. The van der Waals surface area contributed by atoms with Crippen LogP contribution >= 0.6 is 0 Å². The van der Waals surface area contributed by atoms with Gasteiger partial charge in [0.15, 0.2) is 11.6 Å². The first-order valence-electron chi connectivity index (χ1n) is 5.02. The Balaban J connectivity index is 2.24. The molecule has 0 bridgehead atoms. The molecule has 2 rings (SSSR count). The average Bonchev–Trinajstić information content (AvgIpc) is 3.03. The summed E-state index contributed by atoms with van der Waals surface area (Å²) in [4.78, 5) is 0. The molecule has 4 heteroatoms. The molecule has 0 aliphatic heterocycles. The lowest BCUT2D eigenvalue weighted by Gasteiger charge is -2.19. The number of para-hydroxylation sites is 1. The summed E-state index contributed by atoms with van der Waals surface area (Å²) in [5.74, 6) is -0.960. The SMILES string of the molecule is N[C@@H](c1cccc(F)c1O)[C@H](O)C1CC1. The van der Waals surface area contributed by atoms with Crippen LogP contribution in [-0.2, 0) is 0 Å². The van der Waals surface area contributed by atoms with Crippen LogP contribution in [0.2, 0.25) is 0 Å². The summed E-state index contributed by atoms with van der Waals surface area (Å²) in [7, 11) is 0. The maximum absolute atomic E-state index is 13.0. The highest BCUT2D eigenvalue weighted by Crippen LogP contribution is 2.39. The molecule has 0 heterocycles. The van der Waals surface area contributed by atoms with E-state index in [1.54, 1.807) is 0 Å². The maximum atomic E-state index is 13.0. The molecule has 15 heavy (non-hydrogen) atoms. The predicted octanol–water partition coefficient (Wildman–Crippen LogP) is 1.30. The third kappa shape index (κ3) is 1.96. The third-order valence-electron chi connectivity index (χ3n) is 2.85. The zero-order valence-electron chi connectivity index (χ0n) is 8.23. The molecule has 1 aromatic rings. The molecule has 1 aliphatic rings. The number of aliphatic hydroxyl groups is 1. The Morgan fingerprint density at radius 3 is 2.67 bits per heavy atom. The lowest BCUT2D eigenvalue weighted by atomic mass is 9.98. The van der Waals surface area contributed by atoms with E-state index in [0.717, 1.165) is 18.9 Å². The first kappa shape index (κ1) is 10.4. The van der Waals surface area contributed by atoms with Crippen molar-refractivity contribution in [3.8, 4) is 5.75 Å². The molecule has 3 nitrogen and oxygen atoms in total. The van der Waals surface area contributed by atoms with E-state index >= 15 is 0 Å². The smallest absolute Gasteiger partial charge is 0.165 e. The van der Waals surface area contributed by atoms with E-state index < -0.39 is 23.7 Å². The van der Waals surface area contributed by atoms with E-state index in [2.05, 4.69) is 0 Å². The molecule has 1 fully saturated rings. The summed E-state index contributed by atoms with van der Waals surface area (Å²) in [6.45, 7) is 0. The minimum absolute atomic E-state index is 0.197. The Labute approximate surface area is 87.3 Å². The van der Waals surface area contributed by atoms with Crippen molar-refractivity contribution in [2.24, 2.45) is 11.7 Å². The van der Waals surface area contributed by atoms with Gasteiger partial charge in [-0.3, -0.25) is 0 Å². The fraction of sp³-hybridized carbons (Fsp3) is 0.455. The molecular formula is C11H14FNO2. The van der Waals surface area contributed by atoms with E-state index in [4.69, 9.17) is 5.73 Å². The van der Waals surface area contributed by atoms with Gasteiger partial charge < -0.3 is 15.9 Å². The van der Waals surface area contributed by atoms with Gasteiger partial charge >= 0.3 is 0 Å². The van der Waals surface area contributed by atoms with Gasteiger partial charge in [-0.15, -0.1) is 0 Å². The minimum atomic E-state index is -0.715. The summed E-state index contributed by atoms with van der Waals surface area (Å²) in [6.07, 6.45) is 1.20. The van der Waals surface area contributed by atoms with Crippen molar-refractivity contribution in [3.63, 3.8) is 0 Å². The van der Waals surface area contributed by atoms with Gasteiger partial charge in [-0.2, -0.15) is 0 Å². The minimum Gasteiger partial charge on any atom is -0.505 e. The lowest BCUT2D eigenvalue weighted by molar-refractivity contribution is 0.121. The molecule has 0 unspecified atom stereocenters. The van der Waals surface area contributed by atoms with Crippen LogP contribution in [0.1, 0.15) is 24.4 Å². The van der Waals surface area contributed by atoms with Crippen molar-refractivity contribution in [2.45, 2.75) is 25.0 Å². The number of aliphatic hydroxyl groups excluding tert-OH is 1. The Bertz CT molecular complexity index is 366. The second kappa shape index (κ2) is 3.79. The molecule has 0 amide bonds. The van der Waals surface area contributed by atoms with Crippen molar-refractivity contribution in [1.82, 2.24) is 0 Å². The molecule has 0 radical (unpaired) electrons. The Kier molecular flexibility index (Phi) is 2.63. The van der Waals surface area contributed by atoms with Gasteiger partial charge in [0.1, 0.15) is 0 Å². The Morgan fingerprint density at radius 1 is 1.40 bits per heavy atom. The van der Waals surface area contributed by atoms with Crippen molar-refractivity contribution in [2.75, 3.05) is 0 Å². The van der Waals surface area contributed by atoms with E-state index in [1.165, 1.54) is 12.1 Å². The molecule has 0 saturated heterocycles. The fourth-order valence-electron chi connectivity index (χ4n) is 1.72. The lowest BCUT2D eigenvalue weighted by Crippen LogP contribution is -2.28. The molecule has 1 aliphatic carbocycles. The highest BCUT2D eigenvalue weighted by Gasteiger charge is 2.35. The number of hydrogen-bond acceptors (Lipinski definition) is 3. The second-order valence-electron chi connectivity index (χ2n) is 4.03. The Morgan fingerprint density at radius 2 is 2.07 bits per heavy atom. The molecule has 1 aromatic carbocycles. The van der Waals surface area contributed by atoms with Crippen LogP contribution in [0.5, 0.6) is 5.75 Å². The second-order valence-corrected chi connectivity index (χ2v) is 4.03. The van der Waals surface area contributed by atoms with Crippen LogP contribution < -0.4 is 5.73 Å². The van der Waals surface area contributed by atoms with E-state index in [1.807, 2.05) is 0 Å². The molecule has 2 atom stereocenters. The number of phenols is 1. The zero-order valence-corrected chi connectivity index (χ0v) is 8.23. The van der Waals surface area contributed by atoms with E-state index in [-0.39, 0.29) is 11.5 Å². The molecular weight excluding hydrogens is 197 g/mol. The highest BCUT2D eigenvalue weighted by atomic mass is 19.1. The first-order chi connectivity index (χ1) is 7.11. The van der Waals surface area contributed by atoms with E-state index in [0.29, 0.717) is 0 Å². The van der Waals surface area contributed by atoms with Crippen LogP contribution in [0, 0.1) is 11.7 Å². The number of nitrogens with two attached hydrogens (primary N) is 1. The number of aromatic hydroxyl groups is 1. The molecule has 0 aromatic heterocycles.